The molecule has 1 aliphatic rings. The van der Waals surface area contributed by atoms with Crippen LogP contribution < -0.4 is 0 Å². The van der Waals surface area contributed by atoms with E-state index in [-0.39, 0.29) is 17.2 Å². The van der Waals surface area contributed by atoms with Gasteiger partial charge in [0.15, 0.2) is 0 Å². The van der Waals surface area contributed by atoms with Gasteiger partial charge in [-0.05, 0) is 23.5 Å². The lowest BCUT2D eigenvalue weighted by Gasteiger charge is -2.18. The number of hydrogen-bond donors (Lipinski definition) is 0. The maximum absolute atomic E-state index is 12.5. The van der Waals surface area contributed by atoms with Crippen molar-refractivity contribution in [1.29, 1.82) is 0 Å². The van der Waals surface area contributed by atoms with Gasteiger partial charge < -0.3 is 9.42 Å². The number of aromatic nitrogens is 2. The molecular formula is C24H27N3O2. The summed E-state index contributed by atoms with van der Waals surface area (Å²) in [6.45, 7) is 9.85. The van der Waals surface area contributed by atoms with Crippen LogP contribution in [0.3, 0.4) is 0 Å². The molecule has 0 bridgehead atoms. The predicted octanol–water partition coefficient (Wildman–Crippen LogP) is 4.86. The molecule has 1 aliphatic heterocycles. The van der Waals surface area contributed by atoms with Crippen LogP contribution in [0.2, 0.25) is 0 Å². The van der Waals surface area contributed by atoms with Gasteiger partial charge in [0.2, 0.25) is 17.6 Å². The molecule has 0 radical (unpaired) electrons. The third-order valence-electron chi connectivity index (χ3n) is 5.47. The van der Waals surface area contributed by atoms with Gasteiger partial charge in [-0.15, -0.1) is 0 Å². The van der Waals surface area contributed by atoms with Crippen molar-refractivity contribution in [2.24, 2.45) is 0 Å². The summed E-state index contributed by atoms with van der Waals surface area (Å²) in [6, 6.07) is 16.5. The molecule has 150 valence electrons. The van der Waals surface area contributed by atoms with Crippen LogP contribution in [0.25, 0.3) is 11.4 Å². The number of aryl methyl sites for hydroxylation is 1. The number of rotatable bonds is 4. The SMILES string of the molecule is Cc1cccc(CN2CC(c3nc(-c4ccc(C(C)(C)C)cc4)no3)CC2=O)c1. The highest BCUT2D eigenvalue weighted by molar-refractivity contribution is 5.79. The van der Waals surface area contributed by atoms with E-state index >= 15 is 0 Å². The van der Waals surface area contributed by atoms with Crippen molar-refractivity contribution in [3.63, 3.8) is 0 Å². The van der Waals surface area contributed by atoms with Gasteiger partial charge in [-0.3, -0.25) is 4.79 Å². The van der Waals surface area contributed by atoms with Crippen LogP contribution in [0, 0.1) is 6.92 Å². The first-order valence-electron chi connectivity index (χ1n) is 10.1. The highest BCUT2D eigenvalue weighted by Crippen LogP contribution is 2.30. The summed E-state index contributed by atoms with van der Waals surface area (Å²) in [6.07, 6.45) is 0.413. The van der Waals surface area contributed by atoms with Crippen molar-refractivity contribution in [2.75, 3.05) is 6.54 Å². The fraction of sp³-hybridized carbons (Fsp3) is 0.375. The summed E-state index contributed by atoms with van der Waals surface area (Å²) in [4.78, 5) is 19.0. The minimum absolute atomic E-state index is 0.0533. The number of amides is 1. The number of likely N-dealkylation sites (tertiary alicyclic amines) is 1. The normalized spacial score (nSPS) is 17.2. The first kappa shape index (κ1) is 19.4. The summed E-state index contributed by atoms with van der Waals surface area (Å²) >= 11 is 0. The van der Waals surface area contributed by atoms with E-state index in [9.17, 15) is 4.79 Å². The van der Waals surface area contributed by atoms with E-state index in [2.05, 4.69) is 68.2 Å². The summed E-state index contributed by atoms with van der Waals surface area (Å²) < 4.78 is 5.53. The van der Waals surface area contributed by atoms with Crippen molar-refractivity contribution in [2.45, 2.75) is 52.0 Å². The molecule has 0 N–H and O–H groups in total. The Morgan fingerprint density at radius 1 is 1.14 bits per heavy atom. The van der Waals surface area contributed by atoms with Gasteiger partial charge in [-0.2, -0.15) is 4.98 Å². The third-order valence-corrected chi connectivity index (χ3v) is 5.47. The van der Waals surface area contributed by atoms with Crippen LogP contribution in [0.15, 0.2) is 53.1 Å². The smallest absolute Gasteiger partial charge is 0.232 e. The van der Waals surface area contributed by atoms with Crippen molar-refractivity contribution < 1.29 is 9.32 Å². The van der Waals surface area contributed by atoms with Crippen LogP contribution in [0.4, 0.5) is 0 Å². The third kappa shape index (κ3) is 4.24. The first-order valence-corrected chi connectivity index (χ1v) is 10.1. The number of carbonyl (C=O) groups is 1. The molecule has 1 amide bonds. The summed E-state index contributed by atoms with van der Waals surface area (Å²) in [5.41, 5.74) is 4.63. The molecule has 5 heteroatoms. The molecule has 29 heavy (non-hydrogen) atoms. The van der Waals surface area contributed by atoms with Crippen LogP contribution in [-0.4, -0.2) is 27.5 Å². The number of hydrogen-bond acceptors (Lipinski definition) is 4. The quantitative estimate of drug-likeness (QED) is 0.639. The molecule has 1 aromatic heterocycles. The van der Waals surface area contributed by atoms with Crippen LogP contribution >= 0.6 is 0 Å². The first-order chi connectivity index (χ1) is 13.8. The lowest BCUT2D eigenvalue weighted by molar-refractivity contribution is -0.128. The summed E-state index contributed by atoms with van der Waals surface area (Å²) in [7, 11) is 0. The molecule has 3 aromatic rings. The lowest BCUT2D eigenvalue weighted by Crippen LogP contribution is -2.24. The van der Waals surface area contributed by atoms with Gasteiger partial charge in [-0.25, -0.2) is 0 Å². The Labute approximate surface area is 171 Å². The Kier molecular flexibility index (Phi) is 4.99. The van der Waals surface area contributed by atoms with E-state index in [1.165, 1.54) is 11.1 Å². The molecular weight excluding hydrogens is 362 g/mol. The van der Waals surface area contributed by atoms with Gasteiger partial charge in [0.25, 0.3) is 0 Å². The van der Waals surface area contributed by atoms with E-state index in [4.69, 9.17) is 4.52 Å². The van der Waals surface area contributed by atoms with Gasteiger partial charge in [-0.1, -0.05) is 80.0 Å². The molecule has 2 aromatic carbocycles. The fourth-order valence-corrected chi connectivity index (χ4v) is 3.76. The van der Waals surface area contributed by atoms with Crippen LogP contribution in [0.1, 0.15) is 55.7 Å². The molecule has 0 spiro atoms. The molecule has 2 heterocycles. The van der Waals surface area contributed by atoms with Crippen molar-refractivity contribution in [3.05, 3.63) is 71.1 Å². The van der Waals surface area contributed by atoms with Crippen molar-refractivity contribution >= 4 is 5.91 Å². The zero-order valence-electron chi connectivity index (χ0n) is 17.5. The second kappa shape index (κ2) is 7.47. The monoisotopic (exact) mass is 389 g/mol. The molecule has 1 saturated heterocycles. The van der Waals surface area contributed by atoms with E-state index in [1.807, 2.05) is 23.1 Å². The average molecular weight is 389 g/mol. The zero-order valence-corrected chi connectivity index (χ0v) is 17.5. The summed E-state index contributed by atoms with van der Waals surface area (Å²) in [5, 5.41) is 4.15. The largest absolute Gasteiger partial charge is 0.339 e. The van der Waals surface area contributed by atoms with E-state index in [0.29, 0.717) is 31.2 Å². The minimum atomic E-state index is -0.0533. The Morgan fingerprint density at radius 2 is 1.90 bits per heavy atom. The topological polar surface area (TPSA) is 59.2 Å². The Balaban J connectivity index is 1.46. The van der Waals surface area contributed by atoms with Crippen molar-refractivity contribution in [1.82, 2.24) is 15.0 Å². The van der Waals surface area contributed by atoms with Crippen LogP contribution in [0.5, 0.6) is 0 Å². The highest BCUT2D eigenvalue weighted by Gasteiger charge is 2.34. The van der Waals surface area contributed by atoms with Gasteiger partial charge >= 0.3 is 0 Å². The standard InChI is InChI=1S/C24H27N3O2/c1-16-6-5-7-17(12-16)14-27-15-19(13-21(27)28)23-25-22(26-29-23)18-8-10-20(11-9-18)24(2,3)4/h5-12,19H,13-15H2,1-4H3. The fourth-order valence-electron chi connectivity index (χ4n) is 3.76. The maximum atomic E-state index is 12.5. The second-order valence-electron chi connectivity index (χ2n) is 8.95. The Bertz CT molecular complexity index is 1020. The van der Waals surface area contributed by atoms with Crippen molar-refractivity contribution in [3.8, 4) is 11.4 Å². The Hall–Kier alpha value is -2.95. The number of carbonyl (C=O) groups excluding carboxylic acids is 1. The molecule has 1 unspecified atom stereocenters. The maximum Gasteiger partial charge on any atom is 0.232 e. The number of benzene rings is 2. The molecule has 5 nitrogen and oxygen atoms in total. The molecule has 0 saturated carbocycles. The lowest BCUT2D eigenvalue weighted by atomic mass is 9.87. The van der Waals surface area contributed by atoms with E-state index in [1.54, 1.807) is 0 Å². The summed E-state index contributed by atoms with van der Waals surface area (Å²) in [5.74, 6) is 1.19. The van der Waals surface area contributed by atoms with Gasteiger partial charge in [0.05, 0.1) is 5.92 Å². The van der Waals surface area contributed by atoms with E-state index in [0.717, 1.165) is 11.1 Å². The molecule has 0 aliphatic carbocycles. The minimum Gasteiger partial charge on any atom is -0.339 e. The predicted molar refractivity (Wildman–Crippen MR) is 112 cm³/mol. The molecule has 1 atom stereocenters. The van der Waals surface area contributed by atoms with Gasteiger partial charge in [0.1, 0.15) is 0 Å². The second-order valence-corrected chi connectivity index (χ2v) is 8.95. The van der Waals surface area contributed by atoms with E-state index < -0.39 is 0 Å². The van der Waals surface area contributed by atoms with Crippen LogP contribution in [-0.2, 0) is 16.8 Å². The zero-order chi connectivity index (χ0) is 20.6. The molecule has 1 fully saturated rings. The van der Waals surface area contributed by atoms with Gasteiger partial charge in [0, 0.05) is 25.1 Å². The molecule has 4 rings (SSSR count). The highest BCUT2D eigenvalue weighted by atomic mass is 16.5. The number of nitrogens with zero attached hydrogens (tertiary/aromatic N) is 3. The average Bonchev–Trinajstić information content (AvgIpc) is 3.29. The Morgan fingerprint density at radius 3 is 2.59 bits per heavy atom.